The van der Waals surface area contributed by atoms with Crippen LogP contribution in [0.15, 0.2) is 48.6 Å². The summed E-state index contributed by atoms with van der Waals surface area (Å²) in [6.45, 7) is 10.9. The average Bonchev–Trinajstić information content (AvgIpc) is 2.74. The SMILES string of the molecule is C=C(C)C1CCC(Oc2ccc3cc(CN4CCC(C(=O)O)C(C)C4)ccc3c2)CC1. The van der Waals surface area contributed by atoms with E-state index in [0.29, 0.717) is 12.0 Å². The summed E-state index contributed by atoms with van der Waals surface area (Å²) in [5, 5.41) is 11.8. The fraction of sp³-hybridized carbons (Fsp3) is 0.519. The minimum Gasteiger partial charge on any atom is -0.490 e. The van der Waals surface area contributed by atoms with Crippen LogP contribution < -0.4 is 4.74 Å². The number of likely N-dealkylation sites (tertiary alicyclic amines) is 1. The molecule has 2 atom stereocenters. The smallest absolute Gasteiger partial charge is 0.306 e. The molecule has 1 aliphatic carbocycles. The van der Waals surface area contributed by atoms with Crippen molar-refractivity contribution < 1.29 is 14.6 Å². The fourth-order valence-electron chi connectivity index (χ4n) is 5.31. The summed E-state index contributed by atoms with van der Waals surface area (Å²) < 4.78 is 6.30. The molecule has 4 rings (SSSR count). The van der Waals surface area contributed by atoms with E-state index in [4.69, 9.17) is 4.74 Å². The third-order valence-corrected chi connectivity index (χ3v) is 7.26. The summed E-state index contributed by atoms with van der Waals surface area (Å²) in [6, 6.07) is 13.0. The van der Waals surface area contributed by atoms with Gasteiger partial charge in [-0.25, -0.2) is 0 Å². The highest BCUT2D eigenvalue weighted by atomic mass is 16.5. The van der Waals surface area contributed by atoms with Crippen molar-refractivity contribution in [3.05, 3.63) is 54.1 Å². The van der Waals surface area contributed by atoms with Crippen LogP contribution in [0.2, 0.25) is 0 Å². The van der Waals surface area contributed by atoms with Crippen LogP contribution in [0.4, 0.5) is 0 Å². The summed E-state index contributed by atoms with van der Waals surface area (Å²) >= 11 is 0. The number of benzene rings is 2. The van der Waals surface area contributed by atoms with Crippen molar-refractivity contribution in [2.24, 2.45) is 17.8 Å². The molecule has 1 saturated carbocycles. The highest BCUT2D eigenvalue weighted by Crippen LogP contribution is 2.32. The molecule has 1 aliphatic heterocycles. The van der Waals surface area contributed by atoms with Gasteiger partial charge in [0.1, 0.15) is 5.75 Å². The maximum absolute atomic E-state index is 11.3. The predicted octanol–water partition coefficient (Wildman–Crippen LogP) is 5.90. The topological polar surface area (TPSA) is 49.8 Å². The Labute approximate surface area is 185 Å². The number of ether oxygens (including phenoxy) is 1. The van der Waals surface area contributed by atoms with Gasteiger partial charge < -0.3 is 9.84 Å². The van der Waals surface area contributed by atoms with Crippen molar-refractivity contribution in [2.45, 2.75) is 58.6 Å². The summed E-state index contributed by atoms with van der Waals surface area (Å²) in [7, 11) is 0. The van der Waals surface area contributed by atoms with E-state index < -0.39 is 5.97 Å². The number of aliphatic carboxylic acids is 1. The number of carboxylic acid groups (broad SMARTS) is 1. The Hall–Kier alpha value is -2.33. The van der Waals surface area contributed by atoms with Gasteiger partial charge in [-0.2, -0.15) is 0 Å². The van der Waals surface area contributed by atoms with E-state index in [1.807, 2.05) is 0 Å². The van der Waals surface area contributed by atoms with Crippen LogP contribution in [0.3, 0.4) is 0 Å². The first kappa shape index (κ1) is 21.9. The fourth-order valence-corrected chi connectivity index (χ4v) is 5.31. The van der Waals surface area contributed by atoms with Crippen LogP contribution in [0.25, 0.3) is 10.8 Å². The second kappa shape index (κ2) is 9.44. The van der Waals surface area contributed by atoms with Gasteiger partial charge in [-0.05, 0) is 91.9 Å². The van der Waals surface area contributed by atoms with Gasteiger partial charge in [0.05, 0.1) is 12.0 Å². The van der Waals surface area contributed by atoms with E-state index in [1.54, 1.807) is 0 Å². The molecule has 1 N–H and O–H groups in total. The Morgan fingerprint density at radius 1 is 1.10 bits per heavy atom. The van der Waals surface area contributed by atoms with Gasteiger partial charge in [-0.1, -0.05) is 37.3 Å². The Kier molecular flexibility index (Phi) is 6.66. The summed E-state index contributed by atoms with van der Waals surface area (Å²) in [5.41, 5.74) is 2.58. The van der Waals surface area contributed by atoms with Crippen molar-refractivity contribution in [2.75, 3.05) is 13.1 Å². The maximum Gasteiger partial charge on any atom is 0.306 e. The molecule has 0 aromatic heterocycles. The lowest BCUT2D eigenvalue weighted by atomic mass is 9.83. The molecule has 1 saturated heterocycles. The molecule has 4 nitrogen and oxygen atoms in total. The monoisotopic (exact) mass is 421 g/mol. The van der Waals surface area contributed by atoms with E-state index in [2.05, 4.69) is 61.7 Å². The molecular formula is C27H35NO3. The highest BCUT2D eigenvalue weighted by molar-refractivity contribution is 5.84. The first-order valence-electron chi connectivity index (χ1n) is 11.7. The normalized spacial score (nSPS) is 27.2. The van der Waals surface area contributed by atoms with Crippen molar-refractivity contribution in [3.8, 4) is 5.75 Å². The molecule has 31 heavy (non-hydrogen) atoms. The van der Waals surface area contributed by atoms with Crippen molar-refractivity contribution in [1.29, 1.82) is 0 Å². The van der Waals surface area contributed by atoms with Gasteiger partial charge in [0, 0.05) is 13.1 Å². The second-order valence-electron chi connectivity index (χ2n) is 9.73. The quantitative estimate of drug-likeness (QED) is 0.590. The Bertz CT molecular complexity index is 945. The first-order valence-corrected chi connectivity index (χ1v) is 11.7. The van der Waals surface area contributed by atoms with Crippen LogP contribution in [-0.4, -0.2) is 35.2 Å². The van der Waals surface area contributed by atoms with Crippen molar-refractivity contribution in [3.63, 3.8) is 0 Å². The van der Waals surface area contributed by atoms with E-state index in [1.165, 1.54) is 34.8 Å². The number of hydrogen-bond donors (Lipinski definition) is 1. The van der Waals surface area contributed by atoms with E-state index in [0.717, 1.165) is 44.6 Å². The predicted molar refractivity (Wildman–Crippen MR) is 125 cm³/mol. The molecule has 4 heteroatoms. The number of carbonyl (C=O) groups is 1. The molecule has 2 aromatic rings. The lowest BCUT2D eigenvalue weighted by Crippen LogP contribution is -2.41. The van der Waals surface area contributed by atoms with Gasteiger partial charge in [-0.15, -0.1) is 0 Å². The minimum absolute atomic E-state index is 0.192. The molecule has 0 radical (unpaired) electrons. The number of fused-ring (bicyclic) bond motifs is 1. The second-order valence-corrected chi connectivity index (χ2v) is 9.73. The zero-order valence-corrected chi connectivity index (χ0v) is 18.8. The summed E-state index contributed by atoms with van der Waals surface area (Å²) in [5.74, 6) is 0.954. The van der Waals surface area contributed by atoms with Crippen LogP contribution in [0, 0.1) is 17.8 Å². The Morgan fingerprint density at radius 2 is 1.81 bits per heavy atom. The zero-order valence-electron chi connectivity index (χ0n) is 18.8. The van der Waals surface area contributed by atoms with Gasteiger partial charge >= 0.3 is 5.97 Å². The number of piperidine rings is 1. The van der Waals surface area contributed by atoms with Crippen LogP contribution in [0.5, 0.6) is 5.75 Å². The average molecular weight is 422 g/mol. The standard InChI is InChI=1S/C27H35NO3/c1-18(2)21-6-9-24(10-7-21)31-25-11-8-22-14-20(4-5-23(22)15-25)17-28-13-12-26(27(29)30)19(3)16-28/h4-5,8,11,14-15,19,21,24,26H,1,6-7,9-10,12-13,16-17H2,2-3H3,(H,29,30). The van der Waals surface area contributed by atoms with Crippen molar-refractivity contribution in [1.82, 2.24) is 4.90 Å². The molecule has 1 heterocycles. The molecule has 0 amide bonds. The third-order valence-electron chi connectivity index (χ3n) is 7.26. The molecule has 166 valence electrons. The lowest BCUT2D eigenvalue weighted by Gasteiger charge is -2.35. The van der Waals surface area contributed by atoms with Crippen LogP contribution in [-0.2, 0) is 11.3 Å². The molecule has 2 aromatic carbocycles. The maximum atomic E-state index is 11.3. The summed E-state index contributed by atoms with van der Waals surface area (Å²) in [6.07, 6.45) is 5.61. The molecule has 0 bridgehead atoms. The van der Waals surface area contributed by atoms with Gasteiger partial charge in [-0.3, -0.25) is 9.69 Å². The minimum atomic E-state index is -0.653. The van der Waals surface area contributed by atoms with E-state index in [9.17, 15) is 9.90 Å². The van der Waals surface area contributed by atoms with Crippen molar-refractivity contribution >= 4 is 16.7 Å². The lowest BCUT2D eigenvalue weighted by molar-refractivity contribution is -0.145. The molecule has 2 aliphatic rings. The highest BCUT2D eigenvalue weighted by Gasteiger charge is 2.31. The van der Waals surface area contributed by atoms with Crippen LogP contribution >= 0.6 is 0 Å². The summed E-state index contributed by atoms with van der Waals surface area (Å²) in [4.78, 5) is 13.7. The van der Waals surface area contributed by atoms with E-state index in [-0.39, 0.29) is 11.8 Å². The molecule has 0 spiro atoms. The Morgan fingerprint density at radius 3 is 2.48 bits per heavy atom. The van der Waals surface area contributed by atoms with Gasteiger partial charge in [0.2, 0.25) is 0 Å². The first-order chi connectivity index (χ1) is 14.9. The van der Waals surface area contributed by atoms with E-state index >= 15 is 0 Å². The number of rotatable bonds is 6. The van der Waals surface area contributed by atoms with Gasteiger partial charge in [0.15, 0.2) is 0 Å². The number of nitrogens with zero attached hydrogens (tertiary/aromatic N) is 1. The third kappa shape index (κ3) is 5.30. The van der Waals surface area contributed by atoms with Gasteiger partial charge in [0.25, 0.3) is 0 Å². The molecule has 2 fully saturated rings. The number of allylic oxidation sites excluding steroid dienone is 1. The Balaban J connectivity index is 1.36. The number of hydrogen-bond acceptors (Lipinski definition) is 3. The zero-order chi connectivity index (χ0) is 22.0. The molecular weight excluding hydrogens is 386 g/mol. The molecule has 2 unspecified atom stereocenters. The largest absolute Gasteiger partial charge is 0.490 e. The van der Waals surface area contributed by atoms with Crippen LogP contribution in [0.1, 0.15) is 51.5 Å². The number of carboxylic acids is 1.